The molecule has 3 heteroatoms. The fraction of sp³-hybridized carbons (Fsp3) is 0.417. The van der Waals surface area contributed by atoms with Crippen LogP contribution in [0.3, 0.4) is 0 Å². The van der Waals surface area contributed by atoms with Crippen molar-refractivity contribution in [1.82, 2.24) is 4.90 Å². The van der Waals surface area contributed by atoms with Gasteiger partial charge in [0, 0.05) is 5.54 Å². The Balaban J connectivity index is 2.37. The lowest BCUT2D eigenvalue weighted by molar-refractivity contribution is 0.0696. The van der Waals surface area contributed by atoms with Gasteiger partial charge in [-0.05, 0) is 44.6 Å². The predicted molar refractivity (Wildman–Crippen MR) is 58.0 cm³/mol. The zero-order valence-electron chi connectivity index (χ0n) is 9.03. The van der Waals surface area contributed by atoms with Crippen LogP contribution < -0.4 is 0 Å². The smallest absolute Gasteiger partial charge is 0.335 e. The minimum atomic E-state index is -0.855. The Morgan fingerprint density at radius 1 is 1.40 bits per heavy atom. The predicted octanol–water partition coefficient (Wildman–Crippen LogP) is 1.94. The number of aromatic carboxylic acids is 1. The van der Waals surface area contributed by atoms with Gasteiger partial charge in [0.05, 0.1) is 5.56 Å². The molecule has 1 saturated carbocycles. The monoisotopic (exact) mass is 205 g/mol. The Bertz CT molecular complexity index is 394. The molecule has 0 unspecified atom stereocenters. The van der Waals surface area contributed by atoms with Crippen LogP contribution in [0.4, 0.5) is 0 Å². The number of carbonyl (C=O) groups is 1. The van der Waals surface area contributed by atoms with Gasteiger partial charge < -0.3 is 5.11 Å². The molecule has 1 N–H and O–H groups in total. The lowest BCUT2D eigenvalue weighted by Gasteiger charge is -2.24. The van der Waals surface area contributed by atoms with Crippen LogP contribution in [0.15, 0.2) is 24.3 Å². The maximum Gasteiger partial charge on any atom is 0.335 e. The Labute approximate surface area is 89.3 Å². The quantitative estimate of drug-likeness (QED) is 0.819. The van der Waals surface area contributed by atoms with Gasteiger partial charge in [0.2, 0.25) is 0 Å². The molecule has 3 nitrogen and oxygen atoms in total. The number of benzene rings is 1. The largest absolute Gasteiger partial charge is 0.478 e. The van der Waals surface area contributed by atoms with Crippen molar-refractivity contribution in [2.24, 2.45) is 0 Å². The van der Waals surface area contributed by atoms with Gasteiger partial charge in [-0.15, -0.1) is 0 Å². The maximum absolute atomic E-state index is 10.9. The summed E-state index contributed by atoms with van der Waals surface area (Å²) in [6.07, 6.45) is 2.23. The Morgan fingerprint density at radius 2 is 2.07 bits per heavy atom. The van der Waals surface area contributed by atoms with Gasteiger partial charge >= 0.3 is 5.97 Å². The molecule has 0 heterocycles. The minimum Gasteiger partial charge on any atom is -0.478 e. The summed E-state index contributed by atoms with van der Waals surface area (Å²) in [4.78, 5) is 13.0. The first-order valence-electron chi connectivity index (χ1n) is 5.07. The molecule has 1 aliphatic carbocycles. The second-order valence-electron chi connectivity index (χ2n) is 4.31. The van der Waals surface area contributed by atoms with E-state index in [1.54, 1.807) is 12.1 Å². The van der Waals surface area contributed by atoms with Gasteiger partial charge in [-0.1, -0.05) is 12.1 Å². The van der Waals surface area contributed by atoms with Crippen molar-refractivity contribution in [3.63, 3.8) is 0 Å². The average molecular weight is 205 g/mol. The number of carboxylic acids is 1. The molecule has 0 bridgehead atoms. The number of carboxylic acid groups (broad SMARTS) is 1. The SMILES string of the molecule is CN(C)C1(c2cccc(C(=O)O)c2)CC1. The van der Waals surface area contributed by atoms with Crippen molar-refractivity contribution < 1.29 is 9.90 Å². The fourth-order valence-corrected chi connectivity index (χ4v) is 2.05. The lowest BCUT2D eigenvalue weighted by atomic mass is 10.0. The summed E-state index contributed by atoms with van der Waals surface area (Å²) in [6.45, 7) is 0. The molecule has 0 spiro atoms. The number of hydrogen-bond donors (Lipinski definition) is 1. The van der Waals surface area contributed by atoms with Gasteiger partial charge in [0.25, 0.3) is 0 Å². The molecule has 1 aliphatic rings. The molecule has 1 aromatic carbocycles. The van der Waals surface area contributed by atoms with Crippen LogP contribution in [0.2, 0.25) is 0 Å². The summed E-state index contributed by atoms with van der Waals surface area (Å²) in [5.74, 6) is -0.855. The molecular formula is C12H15NO2. The molecule has 2 rings (SSSR count). The van der Waals surface area contributed by atoms with E-state index >= 15 is 0 Å². The number of rotatable bonds is 3. The van der Waals surface area contributed by atoms with Crippen LogP contribution in [-0.2, 0) is 5.54 Å². The average Bonchev–Trinajstić information content (AvgIpc) is 2.98. The fourth-order valence-electron chi connectivity index (χ4n) is 2.05. The van der Waals surface area contributed by atoms with E-state index in [1.807, 2.05) is 26.2 Å². The summed E-state index contributed by atoms with van der Waals surface area (Å²) in [7, 11) is 4.08. The van der Waals surface area contributed by atoms with E-state index in [0.717, 1.165) is 18.4 Å². The van der Waals surface area contributed by atoms with E-state index in [9.17, 15) is 4.79 Å². The maximum atomic E-state index is 10.9. The van der Waals surface area contributed by atoms with E-state index < -0.39 is 5.97 Å². The van der Waals surface area contributed by atoms with Gasteiger partial charge in [-0.3, -0.25) is 4.90 Å². The first-order chi connectivity index (χ1) is 7.06. The van der Waals surface area contributed by atoms with E-state index in [4.69, 9.17) is 5.11 Å². The van der Waals surface area contributed by atoms with E-state index in [2.05, 4.69) is 4.90 Å². The normalized spacial score (nSPS) is 17.8. The summed E-state index contributed by atoms with van der Waals surface area (Å²) in [6, 6.07) is 7.26. The van der Waals surface area contributed by atoms with Crippen LogP contribution in [0, 0.1) is 0 Å². The lowest BCUT2D eigenvalue weighted by Crippen LogP contribution is -2.27. The molecule has 0 saturated heterocycles. The van der Waals surface area contributed by atoms with Gasteiger partial charge in [0.1, 0.15) is 0 Å². The molecule has 1 aromatic rings. The minimum absolute atomic E-state index is 0.0888. The highest BCUT2D eigenvalue weighted by Gasteiger charge is 2.46. The van der Waals surface area contributed by atoms with Crippen molar-refractivity contribution in [2.75, 3.05) is 14.1 Å². The Hall–Kier alpha value is -1.35. The molecule has 15 heavy (non-hydrogen) atoms. The van der Waals surface area contributed by atoms with Crippen LogP contribution in [0.25, 0.3) is 0 Å². The van der Waals surface area contributed by atoms with Gasteiger partial charge in [-0.2, -0.15) is 0 Å². The molecule has 80 valence electrons. The van der Waals surface area contributed by atoms with Crippen molar-refractivity contribution >= 4 is 5.97 Å². The third kappa shape index (κ3) is 1.63. The summed E-state index contributed by atoms with van der Waals surface area (Å²) >= 11 is 0. The summed E-state index contributed by atoms with van der Waals surface area (Å²) < 4.78 is 0. The zero-order chi connectivity index (χ0) is 11.1. The molecule has 0 aliphatic heterocycles. The molecule has 0 aromatic heterocycles. The Morgan fingerprint density at radius 3 is 2.53 bits per heavy atom. The van der Waals surface area contributed by atoms with Crippen molar-refractivity contribution in [3.05, 3.63) is 35.4 Å². The van der Waals surface area contributed by atoms with Crippen molar-refractivity contribution in [3.8, 4) is 0 Å². The Kier molecular flexibility index (Phi) is 2.27. The molecule has 0 atom stereocenters. The standard InChI is InChI=1S/C12H15NO2/c1-13(2)12(6-7-12)10-5-3-4-9(8-10)11(14)15/h3-5,8H,6-7H2,1-2H3,(H,14,15). The van der Waals surface area contributed by atoms with Crippen molar-refractivity contribution in [2.45, 2.75) is 18.4 Å². The third-order valence-electron chi connectivity index (χ3n) is 3.23. The van der Waals surface area contributed by atoms with Gasteiger partial charge in [0.15, 0.2) is 0 Å². The summed E-state index contributed by atoms with van der Waals surface area (Å²) in [5, 5.41) is 8.92. The first-order valence-corrected chi connectivity index (χ1v) is 5.07. The summed E-state index contributed by atoms with van der Waals surface area (Å²) in [5.41, 5.74) is 1.58. The van der Waals surface area contributed by atoms with Crippen LogP contribution in [-0.4, -0.2) is 30.1 Å². The highest BCUT2D eigenvalue weighted by Crippen LogP contribution is 2.49. The molecule has 0 amide bonds. The zero-order valence-corrected chi connectivity index (χ0v) is 9.03. The highest BCUT2D eigenvalue weighted by atomic mass is 16.4. The van der Waals surface area contributed by atoms with Crippen LogP contribution >= 0.6 is 0 Å². The van der Waals surface area contributed by atoms with Gasteiger partial charge in [-0.25, -0.2) is 4.79 Å². The van der Waals surface area contributed by atoms with E-state index in [-0.39, 0.29) is 5.54 Å². The first kappa shape index (κ1) is 10.2. The number of nitrogens with zero attached hydrogens (tertiary/aromatic N) is 1. The van der Waals surface area contributed by atoms with Crippen molar-refractivity contribution in [1.29, 1.82) is 0 Å². The molecule has 1 fully saturated rings. The van der Waals surface area contributed by atoms with Crippen LogP contribution in [0.5, 0.6) is 0 Å². The third-order valence-corrected chi connectivity index (χ3v) is 3.23. The second-order valence-corrected chi connectivity index (χ2v) is 4.31. The molecular weight excluding hydrogens is 190 g/mol. The number of hydrogen-bond acceptors (Lipinski definition) is 2. The molecule has 0 radical (unpaired) electrons. The van der Waals surface area contributed by atoms with E-state index in [1.165, 1.54) is 0 Å². The van der Waals surface area contributed by atoms with Crippen LogP contribution in [0.1, 0.15) is 28.8 Å². The highest BCUT2D eigenvalue weighted by molar-refractivity contribution is 5.87. The van der Waals surface area contributed by atoms with E-state index in [0.29, 0.717) is 5.56 Å². The topological polar surface area (TPSA) is 40.5 Å². The second kappa shape index (κ2) is 3.35.